The van der Waals surface area contributed by atoms with Gasteiger partial charge in [-0.05, 0) is 30.0 Å². The maximum atomic E-state index is 9.57. The van der Waals surface area contributed by atoms with Gasteiger partial charge in [0.15, 0.2) is 0 Å². The van der Waals surface area contributed by atoms with E-state index >= 15 is 0 Å². The first-order chi connectivity index (χ1) is 9.72. The Kier molecular flexibility index (Phi) is 5.33. The summed E-state index contributed by atoms with van der Waals surface area (Å²) < 4.78 is 0. The fourth-order valence-corrected chi connectivity index (χ4v) is 2.22. The van der Waals surface area contributed by atoms with Crippen LogP contribution in [0.3, 0.4) is 0 Å². The molecule has 1 unspecified atom stereocenters. The summed E-state index contributed by atoms with van der Waals surface area (Å²) in [6.45, 7) is 5.11. The molecule has 0 aliphatic heterocycles. The summed E-state index contributed by atoms with van der Waals surface area (Å²) in [5.74, 6) is 0. The predicted molar refractivity (Wildman–Crippen MR) is 83.7 cm³/mol. The normalized spacial score (nSPS) is 12.3. The smallest absolute Gasteiger partial charge is 0.0626 e. The highest BCUT2D eigenvalue weighted by Crippen LogP contribution is 2.15. The maximum absolute atomic E-state index is 9.57. The van der Waals surface area contributed by atoms with Crippen molar-refractivity contribution in [2.45, 2.75) is 32.9 Å². The van der Waals surface area contributed by atoms with Crippen molar-refractivity contribution >= 4 is 0 Å². The Labute approximate surface area is 121 Å². The van der Waals surface area contributed by atoms with Crippen molar-refractivity contribution in [1.29, 1.82) is 0 Å². The van der Waals surface area contributed by atoms with Crippen LogP contribution in [0.25, 0.3) is 0 Å². The molecule has 0 radical (unpaired) electrons. The van der Waals surface area contributed by atoms with Crippen molar-refractivity contribution in [3.05, 3.63) is 70.8 Å². The molecule has 0 saturated carbocycles. The molecule has 0 aliphatic carbocycles. The highest BCUT2D eigenvalue weighted by atomic mass is 16.3. The van der Waals surface area contributed by atoms with Gasteiger partial charge in [-0.2, -0.15) is 0 Å². The van der Waals surface area contributed by atoms with Gasteiger partial charge in [0.25, 0.3) is 0 Å². The Morgan fingerprint density at radius 3 is 2.10 bits per heavy atom. The highest BCUT2D eigenvalue weighted by molar-refractivity contribution is 5.26. The number of hydrogen-bond acceptors (Lipinski definition) is 2. The maximum Gasteiger partial charge on any atom is 0.0626 e. The molecule has 0 amide bonds. The topological polar surface area (TPSA) is 32.3 Å². The van der Waals surface area contributed by atoms with E-state index in [0.29, 0.717) is 0 Å². The number of aliphatic hydroxyl groups is 1. The number of hydrogen-bond donors (Lipinski definition) is 2. The van der Waals surface area contributed by atoms with Gasteiger partial charge < -0.3 is 10.4 Å². The minimum absolute atomic E-state index is 0.0118. The monoisotopic (exact) mass is 269 g/mol. The Balaban J connectivity index is 1.99. The van der Waals surface area contributed by atoms with E-state index in [1.54, 1.807) is 0 Å². The number of nitrogens with one attached hydrogen (secondary N) is 1. The molecule has 2 aromatic rings. The summed E-state index contributed by atoms with van der Waals surface area (Å²) in [4.78, 5) is 0. The van der Waals surface area contributed by atoms with Crippen LogP contribution in [0.5, 0.6) is 0 Å². The minimum atomic E-state index is -0.0118. The summed E-state index contributed by atoms with van der Waals surface area (Å²) in [6.07, 6.45) is 1.04. The molecule has 0 aromatic heterocycles. The number of aliphatic hydroxyl groups excluding tert-OH is 1. The first-order valence-electron chi connectivity index (χ1n) is 7.21. The molecule has 0 aliphatic rings. The molecule has 0 fully saturated rings. The highest BCUT2D eigenvalue weighted by Gasteiger charge is 2.09. The van der Waals surface area contributed by atoms with Crippen LogP contribution in [-0.2, 0) is 13.0 Å². The molecule has 2 N–H and O–H groups in total. The van der Waals surface area contributed by atoms with Crippen LogP contribution in [0.4, 0.5) is 0 Å². The van der Waals surface area contributed by atoms with Crippen molar-refractivity contribution in [2.75, 3.05) is 6.61 Å². The zero-order valence-corrected chi connectivity index (χ0v) is 12.3. The molecule has 2 rings (SSSR count). The van der Waals surface area contributed by atoms with Gasteiger partial charge in [0.1, 0.15) is 0 Å². The first kappa shape index (κ1) is 14.8. The Bertz CT molecular complexity index is 516. The van der Waals surface area contributed by atoms with Gasteiger partial charge in [-0.1, -0.05) is 61.0 Å². The number of rotatable bonds is 6. The lowest BCUT2D eigenvalue weighted by atomic mass is 10.0. The third-order valence-corrected chi connectivity index (χ3v) is 3.65. The second-order valence-electron chi connectivity index (χ2n) is 5.20. The molecule has 0 heterocycles. The van der Waals surface area contributed by atoms with Crippen LogP contribution < -0.4 is 5.32 Å². The molecule has 2 aromatic carbocycles. The lowest BCUT2D eigenvalue weighted by Crippen LogP contribution is -2.24. The van der Waals surface area contributed by atoms with E-state index in [4.69, 9.17) is 0 Å². The lowest BCUT2D eigenvalue weighted by Gasteiger charge is -2.17. The van der Waals surface area contributed by atoms with Crippen molar-refractivity contribution < 1.29 is 5.11 Å². The largest absolute Gasteiger partial charge is 0.394 e. The molecule has 0 spiro atoms. The third-order valence-electron chi connectivity index (χ3n) is 3.65. The molecule has 0 saturated heterocycles. The van der Waals surface area contributed by atoms with Crippen molar-refractivity contribution in [2.24, 2.45) is 0 Å². The SMILES string of the molecule is CCc1ccc(C(CO)NCc2ccc(C)cc2)cc1. The van der Waals surface area contributed by atoms with Gasteiger partial charge in [-0.3, -0.25) is 0 Å². The fourth-order valence-electron chi connectivity index (χ4n) is 2.22. The van der Waals surface area contributed by atoms with Gasteiger partial charge in [-0.15, -0.1) is 0 Å². The Hall–Kier alpha value is -1.64. The van der Waals surface area contributed by atoms with Crippen molar-refractivity contribution in [3.63, 3.8) is 0 Å². The number of benzene rings is 2. The van der Waals surface area contributed by atoms with E-state index < -0.39 is 0 Å². The average Bonchev–Trinajstić information content (AvgIpc) is 2.50. The Morgan fingerprint density at radius 2 is 1.55 bits per heavy atom. The fraction of sp³-hybridized carbons (Fsp3) is 0.333. The van der Waals surface area contributed by atoms with Crippen LogP contribution in [0.2, 0.25) is 0 Å². The van der Waals surface area contributed by atoms with Gasteiger partial charge in [0, 0.05) is 6.54 Å². The van der Waals surface area contributed by atoms with Crippen LogP contribution in [-0.4, -0.2) is 11.7 Å². The Morgan fingerprint density at radius 1 is 0.950 bits per heavy atom. The second-order valence-corrected chi connectivity index (χ2v) is 5.20. The molecule has 0 bridgehead atoms. The minimum Gasteiger partial charge on any atom is -0.394 e. The molecule has 2 nitrogen and oxygen atoms in total. The summed E-state index contributed by atoms with van der Waals surface area (Å²) in [6, 6.07) is 16.9. The zero-order valence-electron chi connectivity index (χ0n) is 12.3. The van der Waals surface area contributed by atoms with E-state index in [2.05, 4.69) is 67.7 Å². The summed E-state index contributed by atoms with van der Waals surface area (Å²) in [5, 5.41) is 13.0. The van der Waals surface area contributed by atoms with E-state index in [9.17, 15) is 5.11 Å². The van der Waals surface area contributed by atoms with Crippen molar-refractivity contribution in [1.82, 2.24) is 5.32 Å². The van der Waals surface area contributed by atoms with E-state index in [0.717, 1.165) is 18.5 Å². The molecule has 20 heavy (non-hydrogen) atoms. The van der Waals surface area contributed by atoms with Crippen molar-refractivity contribution in [3.8, 4) is 0 Å². The van der Waals surface area contributed by atoms with Gasteiger partial charge in [-0.25, -0.2) is 0 Å². The molecule has 2 heteroatoms. The molecular weight excluding hydrogens is 246 g/mol. The number of aryl methyl sites for hydroxylation is 2. The quantitative estimate of drug-likeness (QED) is 0.842. The second kappa shape index (κ2) is 7.22. The van der Waals surface area contributed by atoms with Crippen LogP contribution in [0.1, 0.15) is 35.2 Å². The van der Waals surface area contributed by atoms with Crippen LogP contribution in [0.15, 0.2) is 48.5 Å². The average molecular weight is 269 g/mol. The summed E-state index contributed by atoms with van der Waals surface area (Å²) in [5.41, 5.74) is 4.96. The summed E-state index contributed by atoms with van der Waals surface area (Å²) in [7, 11) is 0. The molecule has 106 valence electrons. The molecule has 1 atom stereocenters. The van der Waals surface area contributed by atoms with Gasteiger partial charge in [0.2, 0.25) is 0 Å². The standard InChI is InChI=1S/C18H23NO/c1-3-15-8-10-17(11-9-15)18(13-20)19-12-16-6-4-14(2)5-7-16/h4-11,18-20H,3,12-13H2,1-2H3. The van der Waals surface area contributed by atoms with Crippen LogP contribution in [0, 0.1) is 6.92 Å². The van der Waals surface area contributed by atoms with Crippen LogP contribution >= 0.6 is 0 Å². The molecular formula is C18H23NO. The lowest BCUT2D eigenvalue weighted by molar-refractivity contribution is 0.243. The third kappa shape index (κ3) is 3.92. The first-order valence-corrected chi connectivity index (χ1v) is 7.21. The van der Waals surface area contributed by atoms with E-state index in [1.807, 2.05) is 0 Å². The van der Waals surface area contributed by atoms with E-state index in [1.165, 1.54) is 16.7 Å². The summed E-state index contributed by atoms with van der Waals surface area (Å²) >= 11 is 0. The predicted octanol–water partition coefficient (Wildman–Crippen LogP) is 3.38. The van der Waals surface area contributed by atoms with Gasteiger partial charge >= 0.3 is 0 Å². The van der Waals surface area contributed by atoms with E-state index in [-0.39, 0.29) is 12.6 Å². The zero-order chi connectivity index (χ0) is 14.4. The van der Waals surface area contributed by atoms with Gasteiger partial charge in [0.05, 0.1) is 12.6 Å².